The standard InChI is InChI=1S/C9H12N4O/c1-6-8(5-11-13(6)2)9-3-7(4-10)12-14-9/h3,5H,4,10H2,1-2H3. The Labute approximate surface area is 81.5 Å². The summed E-state index contributed by atoms with van der Waals surface area (Å²) in [4.78, 5) is 0. The maximum Gasteiger partial charge on any atom is 0.170 e. The Balaban J connectivity index is 2.44. The van der Waals surface area contributed by atoms with Gasteiger partial charge < -0.3 is 10.3 Å². The molecule has 2 N–H and O–H groups in total. The zero-order valence-electron chi connectivity index (χ0n) is 8.19. The van der Waals surface area contributed by atoms with Gasteiger partial charge in [-0.25, -0.2) is 0 Å². The Morgan fingerprint density at radius 3 is 2.86 bits per heavy atom. The number of nitrogens with zero attached hydrogens (tertiary/aromatic N) is 3. The summed E-state index contributed by atoms with van der Waals surface area (Å²) in [7, 11) is 1.89. The van der Waals surface area contributed by atoms with Crippen LogP contribution in [0.25, 0.3) is 11.3 Å². The van der Waals surface area contributed by atoms with Gasteiger partial charge >= 0.3 is 0 Å². The van der Waals surface area contributed by atoms with Crippen LogP contribution in [0.2, 0.25) is 0 Å². The third-order valence-corrected chi connectivity index (χ3v) is 2.27. The number of rotatable bonds is 2. The van der Waals surface area contributed by atoms with Crippen LogP contribution in [0.1, 0.15) is 11.4 Å². The molecule has 2 rings (SSSR count). The van der Waals surface area contributed by atoms with Gasteiger partial charge in [0.2, 0.25) is 0 Å². The maximum atomic E-state index is 5.44. The summed E-state index contributed by atoms with van der Waals surface area (Å²) in [5.74, 6) is 0.719. The average Bonchev–Trinajstić information content (AvgIpc) is 2.75. The van der Waals surface area contributed by atoms with Crippen molar-refractivity contribution >= 4 is 0 Å². The molecular weight excluding hydrogens is 180 g/mol. The Bertz CT molecular complexity index is 443. The van der Waals surface area contributed by atoms with E-state index >= 15 is 0 Å². The second kappa shape index (κ2) is 3.26. The van der Waals surface area contributed by atoms with Gasteiger partial charge in [-0.3, -0.25) is 4.68 Å². The summed E-state index contributed by atoms with van der Waals surface area (Å²) in [5.41, 5.74) is 8.20. The zero-order valence-corrected chi connectivity index (χ0v) is 8.19. The van der Waals surface area contributed by atoms with Gasteiger partial charge in [-0.1, -0.05) is 5.16 Å². The molecule has 5 heteroatoms. The van der Waals surface area contributed by atoms with Crippen molar-refractivity contribution in [2.24, 2.45) is 12.8 Å². The van der Waals surface area contributed by atoms with Crippen molar-refractivity contribution in [3.05, 3.63) is 23.7 Å². The molecule has 0 aliphatic rings. The SMILES string of the molecule is Cc1c(-c2cc(CN)no2)cnn1C. The predicted octanol–water partition coefficient (Wildman–Crippen LogP) is 0.842. The third-order valence-electron chi connectivity index (χ3n) is 2.27. The van der Waals surface area contributed by atoms with E-state index in [-0.39, 0.29) is 0 Å². The molecular formula is C9H12N4O. The fraction of sp³-hybridized carbons (Fsp3) is 0.333. The molecule has 0 amide bonds. The van der Waals surface area contributed by atoms with Crippen LogP contribution in [0.5, 0.6) is 0 Å². The lowest BCUT2D eigenvalue weighted by molar-refractivity contribution is 0.423. The first kappa shape index (κ1) is 8.96. The molecule has 0 radical (unpaired) electrons. The van der Waals surface area contributed by atoms with E-state index in [2.05, 4.69) is 10.3 Å². The van der Waals surface area contributed by atoms with Gasteiger partial charge in [-0.2, -0.15) is 5.10 Å². The van der Waals surface area contributed by atoms with Crippen LogP contribution >= 0.6 is 0 Å². The van der Waals surface area contributed by atoms with Gasteiger partial charge in [-0.15, -0.1) is 0 Å². The molecule has 0 bridgehead atoms. The molecule has 14 heavy (non-hydrogen) atoms. The number of hydrogen-bond donors (Lipinski definition) is 1. The molecule has 2 aromatic rings. The Kier molecular flexibility index (Phi) is 2.09. The van der Waals surface area contributed by atoms with Crippen LogP contribution in [0, 0.1) is 6.92 Å². The quantitative estimate of drug-likeness (QED) is 0.765. The van der Waals surface area contributed by atoms with Crippen LogP contribution in [0.4, 0.5) is 0 Å². The molecule has 0 saturated carbocycles. The van der Waals surface area contributed by atoms with E-state index in [1.165, 1.54) is 0 Å². The number of aryl methyl sites for hydroxylation is 1. The Morgan fingerprint density at radius 2 is 2.36 bits per heavy atom. The number of hydrogen-bond acceptors (Lipinski definition) is 4. The lowest BCUT2D eigenvalue weighted by Crippen LogP contribution is -1.94. The van der Waals surface area contributed by atoms with E-state index < -0.39 is 0 Å². The van der Waals surface area contributed by atoms with Crippen molar-refractivity contribution < 1.29 is 4.52 Å². The highest BCUT2D eigenvalue weighted by molar-refractivity contribution is 5.59. The van der Waals surface area contributed by atoms with Crippen molar-refractivity contribution in [2.75, 3.05) is 0 Å². The molecule has 2 heterocycles. The molecule has 0 atom stereocenters. The smallest absolute Gasteiger partial charge is 0.170 e. The average molecular weight is 192 g/mol. The molecule has 5 nitrogen and oxygen atoms in total. The highest BCUT2D eigenvalue weighted by Crippen LogP contribution is 2.22. The molecule has 0 spiro atoms. The molecule has 0 unspecified atom stereocenters. The fourth-order valence-corrected chi connectivity index (χ4v) is 1.28. The molecule has 0 aliphatic carbocycles. The van der Waals surface area contributed by atoms with Crippen LogP contribution in [-0.2, 0) is 13.6 Å². The summed E-state index contributed by atoms with van der Waals surface area (Å²) in [6, 6.07) is 1.84. The Morgan fingerprint density at radius 1 is 1.57 bits per heavy atom. The molecule has 0 saturated heterocycles. The lowest BCUT2D eigenvalue weighted by atomic mass is 10.2. The largest absolute Gasteiger partial charge is 0.356 e. The van der Waals surface area contributed by atoms with E-state index in [9.17, 15) is 0 Å². The highest BCUT2D eigenvalue weighted by atomic mass is 16.5. The van der Waals surface area contributed by atoms with E-state index in [0.717, 1.165) is 22.7 Å². The number of nitrogens with two attached hydrogens (primary N) is 1. The Hall–Kier alpha value is -1.62. The molecule has 0 fully saturated rings. The topological polar surface area (TPSA) is 69.9 Å². The molecule has 0 aliphatic heterocycles. The lowest BCUT2D eigenvalue weighted by Gasteiger charge is -1.94. The van der Waals surface area contributed by atoms with E-state index in [0.29, 0.717) is 6.54 Å². The summed E-state index contributed by atoms with van der Waals surface area (Å²) >= 11 is 0. The predicted molar refractivity (Wildman–Crippen MR) is 51.3 cm³/mol. The highest BCUT2D eigenvalue weighted by Gasteiger charge is 2.11. The number of aromatic nitrogens is 3. The first-order valence-corrected chi connectivity index (χ1v) is 4.37. The van der Waals surface area contributed by atoms with E-state index in [1.54, 1.807) is 10.9 Å². The minimum atomic E-state index is 0.392. The van der Waals surface area contributed by atoms with Crippen LogP contribution in [-0.4, -0.2) is 14.9 Å². The summed E-state index contributed by atoms with van der Waals surface area (Å²) in [5, 5.41) is 7.95. The third kappa shape index (κ3) is 1.31. The molecule has 74 valence electrons. The van der Waals surface area contributed by atoms with Crippen LogP contribution < -0.4 is 5.73 Å². The maximum absolute atomic E-state index is 5.44. The van der Waals surface area contributed by atoms with Gasteiger partial charge in [0.15, 0.2) is 5.76 Å². The molecule has 2 aromatic heterocycles. The minimum Gasteiger partial charge on any atom is -0.356 e. The first-order valence-electron chi connectivity index (χ1n) is 4.37. The van der Waals surface area contributed by atoms with Gasteiger partial charge in [0, 0.05) is 25.4 Å². The zero-order chi connectivity index (χ0) is 10.1. The van der Waals surface area contributed by atoms with Gasteiger partial charge in [0.1, 0.15) is 0 Å². The van der Waals surface area contributed by atoms with Crippen molar-refractivity contribution in [2.45, 2.75) is 13.5 Å². The summed E-state index contributed by atoms with van der Waals surface area (Å²) in [6.45, 7) is 2.37. The van der Waals surface area contributed by atoms with Crippen molar-refractivity contribution in [3.63, 3.8) is 0 Å². The van der Waals surface area contributed by atoms with Crippen LogP contribution in [0.3, 0.4) is 0 Å². The van der Waals surface area contributed by atoms with Crippen molar-refractivity contribution in [1.82, 2.24) is 14.9 Å². The fourth-order valence-electron chi connectivity index (χ4n) is 1.28. The normalized spacial score (nSPS) is 10.8. The van der Waals surface area contributed by atoms with E-state index in [1.807, 2.05) is 20.0 Å². The molecule has 0 aromatic carbocycles. The van der Waals surface area contributed by atoms with E-state index in [4.69, 9.17) is 10.3 Å². The van der Waals surface area contributed by atoms with Gasteiger partial charge in [0.05, 0.1) is 17.5 Å². The second-order valence-electron chi connectivity index (χ2n) is 3.15. The second-order valence-corrected chi connectivity index (χ2v) is 3.15. The first-order chi connectivity index (χ1) is 6.72. The van der Waals surface area contributed by atoms with Gasteiger partial charge in [0.25, 0.3) is 0 Å². The van der Waals surface area contributed by atoms with Gasteiger partial charge in [-0.05, 0) is 6.92 Å². The van der Waals surface area contributed by atoms with Crippen LogP contribution in [0.15, 0.2) is 16.8 Å². The van der Waals surface area contributed by atoms with Crippen molar-refractivity contribution in [1.29, 1.82) is 0 Å². The monoisotopic (exact) mass is 192 g/mol. The summed E-state index contributed by atoms with van der Waals surface area (Å²) < 4.78 is 6.94. The summed E-state index contributed by atoms with van der Waals surface area (Å²) in [6.07, 6.45) is 1.76. The van der Waals surface area contributed by atoms with Crippen molar-refractivity contribution in [3.8, 4) is 11.3 Å². The minimum absolute atomic E-state index is 0.392.